The number of carbonyl (C=O) groups excluding carboxylic acids is 1. The molecule has 288 valence electrons. The first kappa shape index (κ1) is 52.3. The normalized spacial score (nSPS) is 12.5. The summed E-state index contributed by atoms with van der Waals surface area (Å²) in [5, 5.41) is 9.23. The molecule has 18 heteroatoms. The van der Waals surface area contributed by atoms with Crippen LogP contribution in [-0.4, -0.2) is 89.3 Å². The molecule has 2 rings (SSSR count). The number of rotatable bonds is 15. The molecule has 2 aromatic rings. The van der Waals surface area contributed by atoms with E-state index in [1.165, 1.54) is 0 Å². The van der Waals surface area contributed by atoms with Gasteiger partial charge in [-0.1, -0.05) is 34.1 Å². The smallest absolute Gasteiger partial charge is 0.870 e. The molecule has 0 aliphatic rings. The maximum Gasteiger partial charge on any atom is 1.00 e. The Morgan fingerprint density at radius 3 is 1.41 bits per heavy atom. The number of aliphatic carboxylic acids is 1. The first-order valence-corrected chi connectivity index (χ1v) is 15.5. The molecule has 0 bridgehead atoms. The average Bonchev–Trinajstić information content (AvgIpc) is 2.96. The molecule has 0 aliphatic heterocycles. The minimum absolute atomic E-state index is 0. The Hall–Kier alpha value is -3.10. The van der Waals surface area contributed by atoms with Crippen LogP contribution in [0.25, 0.3) is 0 Å². The maximum absolute atomic E-state index is 13.3. The molecular formula is C33H51F6LiN4O7. The number of hydrogen-bond acceptors (Lipinski definition) is 8. The van der Waals surface area contributed by atoms with Gasteiger partial charge in [-0.15, -0.1) is 0 Å². The SMILES string of the molecule is C.CCCC(C(=O)O)n1cc(CCN(C)C)c(C(F)(F)F)cc1=O.CCCC(C(=O)OCC)n1cc(CCN(C)C)c(C(F)(F)F)cc1=O.[Li+].[OH-]. The van der Waals surface area contributed by atoms with Gasteiger partial charge in [0.2, 0.25) is 0 Å². The zero-order chi connectivity index (χ0) is 37.0. The van der Waals surface area contributed by atoms with Crippen LogP contribution in [0.1, 0.15) is 88.2 Å². The third-order valence-electron chi connectivity index (χ3n) is 7.23. The zero-order valence-corrected chi connectivity index (χ0v) is 29.8. The molecule has 2 aromatic heterocycles. The molecule has 0 saturated carbocycles. The van der Waals surface area contributed by atoms with E-state index in [0.29, 0.717) is 44.5 Å². The molecule has 0 amide bonds. The van der Waals surface area contributed by atoms with E-state index in [-0.39, 0.29) is 68.8 Å². The van der Waals surface area contributed by atoms with Gasteiger partial charge in [0, 0.05) is 37.6 Å². The summed E-state index contributed by atoms with van der Waals surface area (Å²) in [6.07, 6.45) is -5.31. The van der Waals surface area contributed by atoms with Crippen LogP contribution in [0.15, 0.2) is 34.1 Å². The Labute approximate surface area is 307 Å². The van der Waals surface area contributed by atoms with Gasteiger partial charge in [-0.25, -0.2) is 9.59 Å². The number of alkyl halides is 6. The van der Waals surface area contributed by atoms with E-state index in [1.807, 2.05) is 6.92 Å². The predicted molar refractivity (Wildman–Crippen MR) is 177 cm³/mol. The molecular weight excluding hydrogens is 685 g/mol. The van der Waals surface area contributed by atoms with Crippen molar-refractivity contribution >= 4 is 11.9 Å². The van der Waals surface area contributed by atoms with Gasteiger partial charge < -0.3 is 34.3 Å². The van der Waals surface area contributed by atoms with Crippen LogP contribution >= 0.6 is 0 Å². The molecule has 0 radical (unpaired) electrons. The van der Waals surface area contributed by atoms with Crippen molar-refractivity contribution < 1.29 is 70.1 Å². The van der Waals surface area contributed by atoms with E-state index >= 15 is 0 Å². The number of ether oxygens (including phenoxy) is 1. The number of nitrogens with zero attached hydrogens (tertiary/aromatic N) is 4. The zero-order valence-electron chi connectivity index (χ0n) is 29.8. The van der Waals surface area contributed by atoms with E-state index in [9.17, 15) is 50.6 Å². The summed E-state index contributed by atoms with van der Waals surface area (Å²) in [5.74, 6) is -1.84. The molecule has 2 unspecified atom stereocenters. The molecule has 0 saturated heterocycles. The van der Waals surface area contributed by atoms with Crippen LogP contribution in [-0.2, 0) is 39.5 Å². The maximum atomic E-state index is 13.3. The summed E-state index contributed by atoms with van der Waals surface area (Å²) in [4.78, 5) is 51.2. The van der Waals surface area contributed by atoms with E-state index in [4.69, 9.17) is 4.74 Å². The Balaban J connectivity index is -0.000000856. The summed E-state index contributed by atoms with van der Waals surface area (Å²) in [6, 6.07) is -1.01. The third-order valence-corrected chi connectivity index (χ3v) is 7.23. The number of carboxylic acids is 1. The minimum atomic E-state index is -4.65. The van der Waals surface area contributed by atoms with Gasteiger partial charge in [-0.2, -0.15) is 26.3 Å². The Morgan fingerprint density at radius 2 is 1.12 bits per heavy atom. The van der Waals surface area contributed by atoms with E-state index in [1.54, 1.807) is 51.8 Å². The van der Waals surface area contributed by atoms with Crippen molar-refractivity contribution in [2.24, 2.45) is 0 Å². The van der Waals surface area contributed by atoms with E-state index in [2.05, 4.69) is 0 Å². The fraction of sp³-hybridized carbons (Fsp3) is 0.636. The largest absolute Gasteiger partial charge is 1.00 e. The number of pyridine rings is 2. The summed E-state index contributed by atoms with van der Waals surface area (Å²) >= 11 is 0. The van der Waals surface area contributed by atoms with Crippen molar-refractivity contribution in [1.29, 1.82) is 0 Å². The molecule has 0 fully saturated rings. The molecule has 51 heavy (non-hydrogen) atoms. The summed E-state index contributed by atoms with van der Waals surface area (Å²) in [5.41, 5.74) is -3.84. The predicted octanol–water partition coefficient (Wildman–Crippen LogP) is 2.74. The quantitative estimate of drug-likeness (QED) is 0.166. The molecule has 0 aromatic carbocycles. The van der Waals surface area contributed by atoms with Crippen molar-refractivity contribution in [3.63, 3.8) is 0 Å². The molecule has 2 heterocycles. The second-order valence-corrected chi connectivity index (χ2v) is 11.7. The van der Waals surface area contributed by atoms with E-state index in [0.717, 1.165) is 21.5 Å². The summed E-state index contributed by atoms with van der Waals surface area (Å²) < 4.78 is 86.1. The fourth-order valence-corrected chi connectivity index (χ4v) is 4.82. The molecule has 2 atom stereocenters. The van der Waals surface area contributed by atoms with Crippen molar-refractivity contribution in [2.45, 2.75) is 91.2 Å². The number of carboxylic acid groups (broad SMARTS) is 1. The Bertz CT molecular complexity index is 1480. The van der Waals surface area contributed by atoms with Crippen LogP contribution in [0.4, 0.5) is 26.3 Å². The van der Waals surface area contributed by atoms with E-state index < -0.39 is 58.6 Å². The van der Waals surface area contributed by atoms with Crippen LogP contribution in [0, 0.1) is 0 Å². The van der Waals surface area contributed by atoms with Gasteiger partial charge in [0.25, 0.3) is 11.1 Å². The van der Waals surface area contributed by atoms with Crippen molar-refractivity contribution in [3.8, 4) is 0 Å². The second-order valence-electron chi connectivity index (χ2n) is 11.7. The fourth-order valence-electron chi connectivity index (χ4n) is 4.82. The topological polar surface area (TPSA) is 144 Å². The van der Waals surface area contributed by atoms with Crippen LogP contribution in [0.2, 0.25) is 0 Å². The summed E-state index contributed by atoms with van der Waals surface area (Å²) in [7, 11) is 6.95. The second kappa shape index (κ2) is 23.5. The number of hydrogen-bond donors (Lipinski definition) is 1. The van der Waals surface area contributed by atoms with Crippen LogP contribution < -0.4 is 30.0 Å². The molecule has 11 nitrogen and oxygen atoms in total. The van der Waals surface area contributed by atoms with Gasteiger partial charge in [0.15, 0.2) is 0 Å². The number of halogens is 6. The van der Waals surface area contributed by atoms with Crippen molar-refractivity contribution in [1.82, 2.24) is 18.9 Å². The monoisotopic (exact) mass is 736 g/mol. The minimum Gasteiger partial charge on any atom is -0.870 e. The van der Waals surface area contributed by atoms with Crippen molar-refractivity contribution in [2.75, 3.05) is 47.9 Å². The Morgan fingerprint density at radius 1 is 0.765 bits per heavy atom. The van der Waals surface area contributed by atoms with Gasteiger partial charge in [0.1, 0.15) is 12.1 Å². The third kappa shape index (κ3) is 16.4. The number of esters is 1. The average molecular weight is 737 g/mol. The summed E-state index contributed by atoms with van der Waals surface area (Å²) in [6.45, 7) is 6.10. The number of carbonyl (C=O) groups is 2. The first-order chi connectivity index (χ1) is 22.2. The molecule has 0 spiro atoms. The van der Waals surface area contributed by atoms with Gasteiger partial charge in [0.05, 0.1) is 17.7 Å². The van der Waals surface area contributed by atoms with Gasteiger partial charge >= 0.3 is 43.2 Å². The van der Waals surface area contributed by atoms with Crippen LogP contribution in [0.3, 0.4) is 0 Å². The number of likely N-dealkylation sites (N-methyl/N-ethyl adjacent to an activating group) is 2. The van der Waals surface area contributed by atoms with Gasteiger partial charge in [-0.05, 0) is 71.9 Å². The van der Waals surface area contributed by atoms with Crippen LogP contribution in [0.5, 0.6) is 0 Å². The Kier molecular flexibility index (Phi) is 24.0. The van der Waals surface area contributed by atoms with Gasteiger partial charge in [-0.3, -0.25) is 9.59 Å². The van der Waals surface area contributed by atoms with Crippen molar-refractivity contribution in [3.05, 3.63) is 67.5 Å². The standard InChI is InChI=1S/C17H25F3N2O3.C15H21F3N2O3.CH4.Li.H2O/c1-5-7-14(16(24)25-6-2)22-11-12(8-9-21(3)4)13(10-15(22)23)17(18,19)20;1-4-5-12(14(22)23)20-9-10(6-7-19(2)3)11(8-13(20)21)15(16,17)18;;;/h10-11,14H,5-9H2,1-4H3;8-9,12H,4-7H2,1-3H3,(H,22,23);1H4;;1H2/q;;;+1;/p-1. The molecule has 2 N–H and O–H groups in total. The first-order valence-electron chi connectivity index (χ1n) is 15.5. The number of aromatic nitrogens is 2. The molecule has 0 aliphatic carbocycles.